The minimum atomic E-state index is -3.39. The van der Waals surface area contributed by atoms with Gasteiger partial charge < -0.3 is 11.1 Å². The highest BCUT2D eigenvalue weighted by Crippen LogP contribution is 2.31. The number of aromatic nitrogens is 1. The Morgan fingerprint density at radius 3 is 2.57 bits per heavy atom. The minimum absolute atomic E-state index is 0.0236. The molecule has 0 spiro atoms. The molecule has 0 bridgehead atoms. The number of nitrogens with zero attached hydrogens (tertiary/aromatic N) is 1. The van der Waals surface area contributed by atoms with Crippen molar-refractivity contribution in [1.29, 1.82) is 0 Å². The Labute approximate surface area is 137 Å². The number of pyridine rings is 1. The van der Waals surface area contributed by atoms with Gasteiger partial charge in [0.1, 0.15) is 5.82 Å². The predicted octanol–water partition coefficient (Wildman–Crippen LogP) is 1.55. The molecule has 0 aromatic carbocycles. The van der Waals surface area contributed by atoms with Crippen molar-refractivity contribution in [2.24, 2.45) is 17.6 Å². The Morgan fingerprint density at radius 1 is 1.35 bits per heavy atom. The number of anilines is 2. The summed E-state index contributed by atoms with van der Waals surface area (Å²) in [5.41, 5.74) is 6.45. The van der Waals surface area contributed by atoms with Crippen molar-refractivity contribution >= 4 is 27.4 Å². The van der Waals surface area contributed by atoms with Gasteiger partial charge in [0.25, 0.3) is 0 Å². The van der Waals surface area contributed by atoms with E-state index in [9.17, 15) is 13.2 Å². The van der Waals surface area contributed by atoms with Crippen molar-refractivity contribution < 1.29 is 13.2 Å². The van der Waals surface area contributed by atoms with Gasteiger partial charge in [0.15, 0.2) is 0 Å². The molecule has 7 nitrogen and oxygen atoms in total. The first-order chi connectivity index (χ1) is 10.7. The van der Waals surface area contributed by atoms with E-state index in [0.717, 1.165) is 31.9 Å². The van der Waals surface area contributed by atoms with Crippen LogP contribution >= 0.6 is 0 Å². The molecule has 0 radical (unpaired) electrons. The van der Waals surface area contributed by atoms with Gasteiger partial charge in [-0.1, -0.05) is 0 Å². The lowest BCUT2D eigenvalue weighted by Crippen LogP contribution is -2.33. The van der Waals surface area contributed by atoms with Crippen LogP contribution in [-0.2, 0) is 14.8 Å². The van der Waals surface area contributed by atoms with Crippen molar-refractivity contribution in [1.82, 2.24) is 4.98 Å². The Bertz CT molecular complexity index is 652. The number of hydrogen-bond donors (Lipinski definition) is 3. The third-order valence-electron chi connectivity index (χ3n) is 4.20. The zero-order valence-electron chi connectivity index (χ0n) is 13.5. The number of carbonyl (C=O) groups is 1. The summed E-state index contributed by atoms with van der Waals surface area (Å²) in [4.78, 5) is 16.3. The molecule has 0 saturated heterocycles. The fourth-order valence-electron chi connectivity index (χ4n) is 2.91. The molecule has 0 aliphatic heterocycles. The molecule has 8 heteroatoms. The first-order valence-electron chi connectivity index (χ1n) is 7.75. The maximum Gasteiger partial charge on any atom is 0.230 e. The quantitative estimate of drug-likeness (QED) is 0.752. The summed E-state index contributed by atoms with van der Waals surface area (Å²) in [5.74, 6) is 0.616. The molecule has 2 rings (SSSR count). The summed E-state index contributed by atoms with van der Waals surface area (Å²) in [6.45, 7) is 2.01. The highest BCUT2D eigenvalue weighted by molar-refractivity contribution is 7.92. The molecule has 23 heavy (non-hydrogen) atoms. The van der Waals surface area contributed by atoms with E-state index < -0.39 is 10.0 Å². The molecule has 128 valence electrons. The zero-order valence-corrected chi connectivity index (χ0v) is 14.3. The van der Waals surface area contributed by atoms with Gasteiger partial charge in [-0.15, -0.1) is 0 Å². The van der Waals surface area contributed by atoms with Gasteiger partial charge in [0.2, 0.25) is 15.9 Å². The van der Waals surface area contributed by atoms with Gasteiger partial charge >= 0.3 is 0 Å². The molecular weight excluding hydrogens is 316 g/mol. The first-order valence-corrected chi connectivity index (χ1v) is 9.64. The lowest BCUT2D eigenvalue weighted by Gasteiger charge is -2.29. The Kier molecular flexibility index (Phi) is 5.59. The molecule has 1 saturated carbocycles. The molecule has 1 heterocycles. The number of rotatable bonds is 5. The standard InChI is InChI=1S/C15H24N4O3S/c1-10(16)11-3-5-12(6-4-11)15(20)18-13-7-8-17-14(9-13)19-23(2,21)22/h7-12H,3-6,16H2,1-2H3,(H2,17,18,19,20)/t10?,11-,12-. The van der Waals surface area contributed by atoms with Crippen LogP contribution in [0.5, 0.6) is 0 Å². The Morgan fingerprint density at radius 2 is 2.00 bits per heavy atom. The second-order valence-corrected chi connectivity index (χ2v) is 8.01. The summed E-state index contributed by atoms with van der Waals surface area (Å²) < 4.78 is 24.7. The highest BCUT2D eigenvalue weighted by atomic mass is 32.2. The smallest absolute Gasteiger partial charge is 0.230 e. The van der Waals surface area contributed by atoms with Gasteiger partial charge in [0.05, 0.1) is 6.26 Å². The van der Waals surface area contributed by atoms with Crippen LogP contribution < -0.4 is 15.8 Å². The van der Waals surface area contributed by atoms with E-state index in [-0.39, 0.29) is 23.7 Å². The molecule has 4 N–H and O–H groups in total. The molecule has 1 aliphatic carbocycles. The van der Waals surface area contributed by atoms with Crippen molar-refractivity contribution in [3.8, 4) is 0 Å². The van der Waals surface area contributed by atoms with Gasteiger partial charge in [-0.05, 0) is 44.6 Å². The number of amides is 1. The maximum atomic E-state index is 12.3. The molecule has 1 amide bonds. The fraction of sp³-hybridized carbons (Fsp3) is 0.600. The summed E-state index contributed by atoms with van der Waals surface area (Å²) in [6.07, 6.45) is 6.10. The maximum absolute atomic E-state index is 12.3. The molecule has 1 aromatic rings. The van der Waals surface area contributed by atoms with E-state index in [4.69, 9.17) is 5.73 Å². The molecule has 1 atom stereocenters. The van der Waals surface area contributed by atoms with Gasteiger partial charge in [0, 0.05) is 29.9 Å². The van der Waals surface area contributed by atoms with Gasteiger partial charge in [-0.2, -0.15) is 0 Å². The second kappa shape index (κ2) is 7.27. The topological polar surface area (TPSA) is 114 Å². The summed E-state index contributed by atoms with van der Waals surface area (Å²) in [6, 6.07) is 3.31. The summed E-state index contributed by atoms with van der Waals surface area (Å²) in [7, 11) is -3.39. The van der Waals surface area contributed by atoms with Crippen LogP contribution in [0, 0.1) is 11.8 Å². The van der Waals surface area contributed by atoms with Gasteiger partial charge in [-0.3, -0.25) is 9.52 Å². The fourth-order valence-corrected chi connectivity index (χ4v) is 3.40. The van der Waals surface area contributed by atoms with E-state index in [1.165, 1.54) is 12.3 Å². The van der Waals surface area contributed by atoms with Crippen molar-refractivity contribution in [2.75, 3.05) is 16.3 Å². The number of nitrogens with two attached hydrogens (primary N) is 1. The summed E-state index contributed by atoms with van der Waals surface area (Å²) in [5, 5.41) is 2.84. The van der Waals surface area contributed by atoms with Crippen molar-refractivity contribution in [2.45, 2.75) is 38.6 Å². The number of hydrogen-bond acceptors (Lipinski definition) is 5. The lowest BCUT2D eigenvalue weighted by atomic mass is 9.79. The Balaban J connectivity index is 1.94. The van der Waals surface area contributed by atoms with Crippen molar-refractivity contribution in [3.63, 3.8) is 0 Å². The summed E-state index contributed by atoms with van der Waals surface area (Å²) >= 11 is 0. The average Bonchev–Trinajstić information content (AvgIpc) is 2.46. The van der Waals surface area contributed by atoms with Crippen LogP contribution in [0.1, 0.15) is 32.6 Å². The SMILES string of the molecule is CC(N)[C@H]1CC[C@H](C(=O)Nc2ccnc(NS(C)(=O)=O)c2)CC1. The van der Waals surface area contributed by atoms with Crippen LogP contribution in [-0.4, -0.2) is 31.6 Å². The van der Waals surface area contributed by atoms with Crippen LogP contribution in [0.15, 0.2) is 18.3 Å². The number of nitrogens with one attached hydrogen (secondary N) is 2. The van der Waals surface area contributed by atoms with E-state index >= 15 is 0 Å². The first kappa shape index (κ1) is 17.7. The third kappa shape index (κ3) is 5.47. The van der Waals surface area contributed by atoms with Crippen LogP contribution in [0.4, 0.5) is 11.5 Å². The van der Waals surface area contributed by atoms with Crippen LogP contribution in [0.25, 0.3) is 0 Å². The largest absolute Gasteiger partial charge is 0.328 e. The number of sulfonamides is 1. The average molecular weight is 340 g/mol. The molecule has 1 aromatic heterocycles. The van der Waals surface area contributed by atoms with E-state index in [1.807, 2.05) is 6.92 Å². The van der Waals surface area contributed by atoms with Gasteiger partial charge in [-0.25, -0.2) is 13.4 Å². The zero-order chi connectivity index (χ0) is 17.0. The number of carbonyl (C=O) groups excluding carboxylic acids is 1. The monoisotopic (exact) mass is 340 g/mol. The molecule has 1 unspecified atom stereocenters. The molecule has 1 aliphatic rings. The normalized spacial score (nSPS) is 23.1. The van der Waals surface area contributed by atoms with E-state index in [2.05, 4.69) is 15.0 Å². The Hall–Kier alpha value is -1.67. The second-order valence-electron chi connectivity index (χ2n) is 6.26. The highest BCUT2D eigenvalue weighted by Gasteiger charge is 2.27. The predicted molar refractivity (Wildman–Crippen MR) is 90.4 cm³/mol. The molecular formula is C15H24N4O3S. The third-order valence-corrected chi connectivity index (χ3v) is 4.78. The lowest BCUT2D eigenvalue weighted by molar-refractivity contribution is -0.121. The van der Waals surface area contributed by atoms with Crippen LogP contribution in [0.3, 0.4) is 0 Å². The van der Waals surface area contributed by atoms with E-state index in [1.54, 1.807) is 6.07 Å². The van der Waals surface area contributed by atoms with Crippen LogP contribution in [0.2, 0.25) is 0 Å². The minimum Gasteiger partial charge on any atom is -0.328 e. The van der Waals surface area contributed by atoms with Crippen molar-refractivity contribution in [3.05, 3.63) is 18.3 Å². The molecule has 1 fully saturated rings. The van der Waals surface area contributed by atoms with E-state index in [0.29, 0.717) is 11.6 Å².